The lowest BCUT2D eigenvalue weighted by molar-refractivity contribution is 0.0524. The second-order valence-corrected chi connectivity index (χ2v) is 9.54. The van der Waals surface area contributed by atoms with Crippen LogP contribution in [0.3, 0.4) is 0 Å². The summed E-state index contributed by atoms with van der Waals surface area (Å²) in [7, 11) is 1.91. The van der Waals surface area contributed by atoms with E-state index in [-0.39, 0.29) is 17.9 Å². The second kappa shape index (κ2) is 9.70. The van der Waals surface area contributed by atoms with E-state index < -0.39 is 0 Å². The van der Waals surface area contributed by atoms with Gasteiger partial charge < -0.3 is 9.80 Å². The van der Waals surface area contributed by atoms with Crippen molar-refractivity contribution in [2.24, 2.45) is 5.92 Å². The molecule has 1 saturated heterocycles. The Labute approximate surface area is 190 Å². The molecule has 1 atom stereocenters. The number of hydrogen-bond donors (Lipinski definition) is 0. The van der Waals surface area contributed by atoms with Crippen molar-refractivity contribution in [3.63, 3.8) is 0 Å². The van der Waals surface area contributed by atoms with E-state index in [4.69, 9.17) is 0 Å². The van der Waals surface area contributed by atoms with Crippen molar-refractivity contribution >= 4 is 34.7 Å². The molecule has 0 bridgehead atoms. The first-order valence-corrected chi connectivity index (χ1v) is 12.2. The van der Waals surface area contributed by atoms with Crippen molar-refractivity contribution in [1.29, 1.82) is 0 Å². The molecule has 31 heavy (non-hydrogen) atoms. The van der Waals surface area contributed by atoms with E-state index in [1.54, 1.807) is 0 Å². The van der Waals surface area contributed by atoms with Crippen LogP contribution in [0.25, 0.3) is 0 Å². The molecule has 1 aliphatic heterocycles. The maximum atomic E-state index is 13.1. The first-order chi connectivity index (χ1) is 15.0. The highest BCUT2D eigenvalue weighted by Crippen LogP contribution is 2.29. The number of likely N-dealkylation sites (N-methyl/N-ethyl adjacent to an activating group) is 1. The number of aromatic nitrogens is 2. The van der Waals surface area contributed by atoms with Crippen molar-refractivity contribution < 1.29 is 9.59 Å². The number of hydrogen-bond acceptors (Lipinski definition) is 6. The van der Waals surface area contributed by atoms with E-state index in [2.05, 4.69) is 21.7 Å². The van der Waals surface area contributed by atoms with Crippen LogP contribution in [0.15, 0.2) is 47.2 Å². The van der Waals surface area contributed by atoms with Crippen molar-refractivity contribution in [2.45, 2.75) is 32.2 Å². The number of benzene rings is 1. The SMILES string of the molecule is Cc1nnsc1C(=O)N1CCC(C(Cc2ccccc2)N(C)C(=O)c2ccsc2)CC1. The zero-order valence-electron chi connectivity index (χ0n) is 17.7. The van der Waals surface area contributed by atoms with Gasteiger partial charge in [0, 0.05) is 31.6 Å². The van der Waals surface area contributed by atoms with Gasteiger partial charge in [-0.25, -0.2) is 0 Å². The number of carbonyl (C=O) groups is 2. The van der Waals surface area contributed by atoms with Crippen LogP contribution in [0.1, 0.15) is 44.1 Å². The molecular weight excluding hydrogens is 428 g/mol. The maximum Gasteiger partial charge on any atom is 0.267 e. The predicted molar refractivity (Wildman–Crippen MR) is 124 cm³/mol. The minimum Gasteiger partial charge on any atom is -0.338 e. The van der Waals surface area contributed by atoms with Gasteiger partial charge in [-0.2, -0.15) is 11.3 Å². The van der Waals surface area contributed by atoms with Crippen LogP contribution in [0.5, 0.6) is 0 Å². The summed E-state index contributed by atoms with van der Waals surface area (Å²) in [5, 5.41) is 7.81. The lowest BCUT2D eigenvalue weighted by Gasteiger charge is -2.40. The normalized spacial score (nSPS) is 15.6. The van der Waals surface area contributed by atoms with Crippen molar-refractivity contribution in [1.82, 2.24) is 19.4 Å². The van der Waals surface area contributed by atoms with Crippen LogP contribution >= 0.6 is 22.9 Å². The molecule has 0 spiro atoms. The van der Waals surface area contributed by atoms with Crippen LogP contribution in [0.4, 0.5) is 0 Å². The van der Waals surface area contributed by atoms with Gasteiger partial charge in [0.15, 0.2) is 0 Å². The molecule has 3 aromatic rings. The van der Waals surface area contributed by atoms with E-state index >= 15 is 0 Å². The highest BCUT2D eigenvalue weighted by atomic mass is 32.1. The highest BCUT2D eigenvalue weighted by molar-refractivity contribution is 7.08. The quantitative estimate of drug-likeness (QED) is 0.561. The van der Waals surface area contributed by atoms with Crippen molar-refractivity contribution in [3.8, 4) is 0 Å². The van der Waals surface area contributed by atoms with Crippen LogP contribution in [-0.4, -0.2) is 57.4 Å². The van der Waals surface area contributed by atoms with Gasteiger partial charge in [-0.3, -0.25) is 9.59 Å². The minimum absolute atomic E-state index is 0.0215. The molecule has 162 valence electrons. The maximum absolute atomic E-state index is 13.1. The number of amides is 2. The summed E-state index contributed by atoms with van der Waals surface area (Å²) in [6.45, 7) is 3.20. The van der Waals surface area contributed by atoms with Gasteiger partial charge in [-0.05, 0) is 60.6 Å². The number of likely N-dealkylation sites (tertiary alicyclic amines) is 1. The Balaban J connectivity index is 1.48. The number of aryl methyl sites for hydroxylation is 1. The molecule has 1 unspecified atom stereocenters. The molecule has 0 aliphatic carbocycles. The molecule has 0 N–H and O–H groups in total. The van der Waals surface area contributed by atoms with Crippen LogP contribution in [0, 0.1) is 12.8 Å². The zero-order valence-corrected chi connectivity index (χ0v) is 19.4. The van der Waals surface area contributed by atoms with Crippen LogP contribution < -0.4 is 0 Å². The molecule has 1 aromatic carbocycles. The smallest absolute Gasteiger partial charge is 0.267 e. The van der Waals surface area contributed by atoms with Crippen molar-refractivity contribution in [3.05, 3.63) is 68.9 Å². The fourth-order valence-corrected chi connectivity index (χ4v) is 5.53. The first-order valence-electron chi connectivity index (χ1n) is 10.5. The molecule has 6 nitrogen and oxygen atoms in total. The molecule has 0 radical (unpaired) electrons. The summed E-state index contributed by atoms with van der Waals surface area (Å²) in [4.78, 5) is 30.4. The Morgan fingerprint density at radius 2 is 1.94 bits per heavy atom. The van der Waals surface area contributed by atoms with E-state index in [1.165, 1.54) is 16.9 Å². The predicted octanol–water partition coefficient (Wildman–Crippen LogP) is 4.14. The molecule has 1 aliphatic rings. The third-order valence-corrected chi connectivity index (χ3v) is 7.59. The van der Waals surface area contributed by atoms with Crippen LogP contribution in [0.2, 0.25) is 0 Å². The Morgan fingerprint density at radius 1 is 1.19 bits per heavy atom. The summed E-state index contributed by atoms with van der Waals surface area (Å²) < 4.78 is 3.90. The van der Waals surface area contributed by atoms with Gasteiger partial charge in [-0.1, -0.05) is 34.8 Å². The van der Waals surface area contributed by atoms with Crippen molar-refractivity contribution in [2.75, 3.05) is 20.1 Å². The Morgan fingerprint density at radius 3 is 2.55 bits per heavy atom. The summed E-state index contributed by atoms with van der Waals surface area (Å²) >= 11 is 2.70. The largest absolute Gasteiger partial charge is 0.338 e. The van der Waals surface area contributed by atoms with Gasteiger partial charge in [0.2, 0.25) is 0 Å². The van der Waals surface area contributed by atoms with E-state index in [0.717, 1.165) is 36.4 Å². The topological polar surface area (TPSA) is 66.4 Å². The number of nitrogens with zero attached hydrogens (tertiary/aromatic N) is 4. The number of rotatable bonds is 6. The molecule has 0 saturated carbocycles. The summed E-state index contributed by atoms with van der Waals surface area (Å²) in [6, 6.07) is 12.3. The van der Waals surface area contributed by atoms with Gasteiger partial charge in [-0.15, -0.1) is 5.10 Å². The van der Waals surface area contributed by atoms with Gasteiger partial charge in [0.05, 0.1) is 11.3 Å². The number of thiophene rings is 1. The molecule has 3 heterocycles. The lowest BCUT2D eigenvalue weighted by atomic mass is 9.84. The van der Waals surface area contributed by atoms with Gasteiger partial charge in [0.1, 0.15) is 4.88 Å². The van der Waals surface area contributed by atoms with Gasteiger partial charge in [0.25, 0.3) is 11.8 Å². The molecular formula is C23H26N4O2S2. The average Bonchev–Trinajstić information content (AvgIpc) is 3.49. The fraction of sp³-hybridized carbons (Fsp3) is 0.391. The molecule has 8 heteroatoms. The Hall–Kier alpha value is -2.58. The standard InChI is InChI=1S/C23H26N4O2S2/c1-16-21(31-25-24-16)23(29)27-11-8-18(9-12-27)20(14-17-6-4-3-5-7-17)26(2)22(28)19-10-13-30-15-19/h3-7,10,13,15,18,20H,8-9,11-12,14H2,1-2H3. The van der Waals surface area contributed by atoms with E-state index in [0.29, 0.717) is 29.6 Å². The molecule has 1 fully saturated rings. The second-order valence-electron chi connectivity index (χ2n) is 8.00. The summed E-state index contributed by atoms with van der Waals surface area (Å²) in [5.74, 6) is 0.415. The Bertz CT molecular complexity index is 1010. The van der Waals surface area contributed by atoms with E-state index in [1.807, 2.05) is 58.8 Å². The Kier molecular flexibility index (Phi) is 6.77. The highest BCUT2D eigenvalue weighted by Gasteiger charge is 2.34. The van der Waals surface area contributed by atoms with Gasteiger partial charge >= 0.3 is 0 Å². The molecule has 4 rings (SSSR count). The summed E-state index contributed by atoms with van der Waals surface area (Å²) in [5.41, 5.74) is 2.66. The summed E-state index contributed by atoms with van der Waals surface area (Å²) in [6.07, 6.45) is 2.55. The van der Waals surface area contributed by atoms with E-state index in [9.17, 15) is 9.59 Å². The lowest BCUT2D eigenvalue weighted by Crippen LogP contribution is -2.48. The average molecular weight is 455 g/mol. The monoisotopic (exact) mass is 454 g/mol. The third kappa shape index (κ3) is 4.85. The molecule has 2 amide bonds. The third-order valence-electron chi connectivity index (χ3n) is 6.09. The first kappa shape index (κ1) is 21.6. The minimum atomic E-state index is 0.0215. The number of piperidine rings is 1. The number of carbonyl (C=O) groups excluding carboxylic acids is 2. The zero-order chi connectivity index (χ0) is 21.8. The fourth-order valence-electron chi connectivity index (χ4n) is 4.27. The molecule has 2 aromatic heterocycles. The van der Waals surface area contributed by atoms with Crippen LogP contribution in [-0.2, 0) is 6.42 Å².